The van der Waals surface area contributed by atoms with Crippen molar-refractivity contribution in [1.82, 2.24) is 20.3 Å². The molecule has 1 aliphatic heterocycles. The monoisotopic (exact) mass is 580 g/mol. The maximum Gasteiger partial charge on any atom is 0.271 e. The van der Waals surface area contributed by atoms with Crippen LogP contribution in [0.4, 0.5) is 8.78 Å². The number of nitrogens with one attached hydrogen (secondary N) is 2. The number of hydrogen-bond acceptors (Lipinski definition) is 6. The van der Waals surface area contributed by atoms with E-state index >= 15 is 0 Å². The summed E-state index contributed by atoms with van der Waals surface area (Å²) in [5, 5.41) is 15.3. The second-order valence-corrected chi connectivity index (χ2v) is 10.8. The summed E-state index contributed by atoms with van der Waals surface area (Å²) in [7, 11) is 0. The van der Waals surface area contributed by atoms with Crippen molar-refractivity contribution < 1.29 is 23.4 Å². The minimum atomic E-state index is -0.803. The van der Waals surface area contributed by atoms with E-state index in [1.807, 2.05) is 4.57 Å². The Morgan fingerprint density at radius 1 is 1.08 bits per heavy atom. The van der Waals surface area contributed by atoms with Crippen molar-refractivity contribution in [3.63, 3.8) is 0 Å². The van der Waals surface area contributed by atoms with E-state index in [1.165, 1.54) is 24.3 Å². The van der Waals surface area contributed by atoms with Gasteiger partial charge in [0.15, 0.2) is 0 Å². The van der Waals surface area contributed by atoms with Crippen LogP contribution in [-0.2, 0) is 0 Å². The van der Waals surface area contributed by atoms with Crippen LogP contribution in [-0.4, -0.2) is 59.0 Å². The van der Waals surface area contributed by atoms with Crippen LogP contribution in [0.15, 0.2) is 41.3 Å². The lowest BCUT2D eigenvalue weighted by molar-refractivity contribution is 0.0696. The molecule has 2 aromatic carbocycles. The number of halogens is 4. The number of aliphatic hydroxyl groups excluding tert-OH is 1. The lowest BCUT2D eigenvalue weighted by Crippen LogP contribution is -2.51. The summed E-state index contributed by atoms with van der Waals surface area (Å²) in [6.45, 7) is 1.35. The first-order valence-corrected chi connectivity index (χ1v) is 13.5. The van der Waals surface area contributed by atoms with Crippen LogP contribution in [0.5, 0.6) is 5.75 Å². The number of aliphatic hydroxyl groups is 1. The van der Waals surface area contributed by atoms with Crippen molar-refractivity contribution in [3.8, 4) is 5.75 Å². The topological polar surface area (TPSA) is 95.8 Å². The Hall–Kier alpha value is -2.76. The molecular weight excluding hydrogens is 553 g/mol. The van der Waals surface area contributed by atoms with Gasteiger partial charge in [-0.1, -0.05) is 23.2 Å². The Morgan fingerprint density at radius 3 is 2.49 bits per heavy atom. The summed E-state index contributed by atoms with van der Waals surface area (Å²) in [6.07, 6.45) is 3.96. The van der Waals surface area contributed by atoms with Gasteiger partial charge in [0.1, 0.15) is 35.7 Å². The Balaban J connectivity index is 1.13. The molecule has 1 aromatic heterocycles. The molecule has 1 aliphatic carbocycles. The highest BCUT2D eigenvalue weighted by atomic mass is 35.5. The van der Waals surface area contributed by atoms with E-state index < -0.39 is 29.1 Å². The van der Waals surface area contributed by atoms with Gasteiger partial charge in [0.05, 0.1) is 15.6 Å². The molecule has 3 aromatic rings. The molecular formula is C27H28Cl2F2N4O4. The summed E-state index contributed by atoms with van der Waals surface area (Å²) >= 11 is 11.6. The molecule has 2 aliphatic rings. The zero-order valence-electron chi connectivity index (χ0n) is 20.9. The summed E-state index contributed by atoms with van der Waals surface area (Å²) in [6, 6.07) is 6.88. The molecule has 2 fully saturated rings. The highest BCUT2D eigenvalue weighted by Gasteiger charge is 2.28. The van der Waals surface area contributed by atoms with E-state index in [4.69, 9.17) is 27.9 Å². The number of hydrogen-bond donors (Lipinski definition) is 3. The second kappa shape index (κ2) is 11.8. The van der Waals surface area contributed by atoms with Gasteiger partial charge in [-0.25, -0.2) is 13.8 Å². The number of amides is 1. The van der Waals surface area contributed by atoms with Crippen LogP contribution in [0.3, 0.4) is 0 Å². The van der Waals surface area contributed by atoms with Crippen LogP contribution in [0.1, 0.15) is 42.1 Å². The van der Waals surface area contributed by atoms with Crippen molar-refractivity contribution in [2.24, 2.45) is 0 Å². The van der Waals surface area contributed by atoms with E-state index in [2.05, 4.69) is 10.7 Å². The van der Waals surface area contributed by atoms with Gasteiger partial charge in [-0.15, -0.1) is 0 Å². The zero-order valence-corrected chi connectivity index (χ0v) is 22.4. The molecule has 1 saturated carbocycles. The molecule has 0 bridgehead atoms. The molecule has 208 valence electrons. The second-order valence-electron chi connectivity index (χ2n) is 9.95. The summed E-state index contributed by atoms with van der Waals surface area (Å²) in [4.78, 5) is 26.1. The van der Waals surface area contributed by atoms with E-state index in [1.54, 1.807) is 11.2 Å². The normalized spacial score (nSPS) is 17.4. The standard InChI is InChI=1S/C27H28Cl2F2N4O4/c28-21-4-3-18(9-23(21)30)39-14-17(36)12-32-15-5-7-34(8-6-15)33-27(38)20-13-35(16-1-2-16)25-11-22(29)24(31)10-19(25)26(20)37/h3-4,9-11,13,15-17,32,36H,1-2,5-8,12,14H2,(H,33,38)/t17-/m0/s1. The number of carbonyl (C=O) groups is 1. The number of hydrazine groups is 1. The van der Waals surface area contributed by atoms with Crippen LogP contribution < -0.4 is 20.9 Å². The maximum absolute atomic E-state index is 14.1. The van der Waals surface area contributed by atoms with E-state index in [-0.39, 0.29) is 52.0 Å². The summed E-state index contributed by atoms with van der Waals surface area (Å²) in [5.74, 6) is -1.55. The number of piperidine rings is 1. The molecule has 1 atom stereocenters. The SMILES string of the molecule is O=C(NN1CCC(NC[C@H](O)COc2ccc(Cl)c(F)c2)CC1)c1cn(C2CC2)c2cc(Cl)c(F)cc2c1=O. The summed E-state index contributed by atoms with van der Waals surface area (Å²) in [5.41, 5.74) is 2.75. The number of nitrogens with zero attached hydrogens (tertiary/aromatic N) is 2. The number of benzene rings is 2. The van der Waals surface area contributed by atoms with Crippen LogP contribution in [0.2, 0.25) is 10.0 Å². The Bertz CT molecular complexity index is 1440. The van der Waals surface area contributed by atoms with Gasteiger partial charge in [0, 0.05) is 49.4 Å². The Labute approximate surface area is 233 Å². The third-order valence-corrected chi connectivity index (χ3v) is 7.59. The smallest absolute Gasteiger partial charge is 0.271 e. The fourth-order valence-electron chi connectivity index (χ4n) is 4.68. The molecule has 1 amide bonds. The first-order chi connectivity index (χ1) is 18.7. The number of rotatable bonds is 9. The van der Waals surface area contributed by atoms with Gasteiger partial charge in [-0.2, -0.15) is 0 Å². The third-order valence-electron chi connectivity index (χ3n) is 6.99. The lowest BCUT2D eigenvalue weighted by Gasteiger charge is -2.33. The predicted octanol–water partition coefficient (Wildman–Crippen LogP) is 4.06. The molecule has 8 nitrogen and oxygen atoms in total. The number of fused-ring (bicyclic) bond motifs is 1. The van der Waals surface area contributed by atoms with Gasteiger partial charge in [-0.05, 0) is 49.9 Å². The first-order valence-electron chi connectivity index (χ1n) is 12.8. The fraction of sp³-hybridized carbons (Fsp3) is 0.407. The highest BCUT2D eigenvalue weighted by Crippen LogP contribution is 2.37. The average molecular weight is 581 g/mol. The largest absolute Gasteiger partial charge is 0.491 e. The van der Waals surface area contributed by atoms with Crippen molar-refractivity contribution in [2.75, 3.05) is 26.2 Å². The fourth-order valence-corrected chi connectivity index (χ4v) is 4.96. The minimum Gasteiger partial charge on any atom is -0.491 e. The van der Waals surface area contributed by atoms with Crippen molar-refractivity contribution in [3.05, 3.63) is 74.0 Å². The number of carbonyl (C=O) groups excluding carboxylic acids is 1. The van der Waals surface area contributed by atoms with Gasteiger partial charge in [0.25, 0.3) is 5.91 Å². The third kappa shape index (κ3) is 6.53. The molecule has 5 rings (SSSR count). The number of ether oxygens (including phenoxy) is 1. The Morgan fingerprint density at radius 2 is 1.79 bits per heavy atom. The molecule has 0 spiro atoms. The van der Waals surface area contributed by atoms with Crippen molar-refractivity contribution in [1.29, 1.82) is 0 Å². The average Bonchev–Trinajstić information content (AvgIpc) is 3.76. The number of pyridine rings is 1. The molecule has 39 heavy (non-hydrogen) atoms. The van der Waals surface area contributed by atoms with E-state index in [0.29, 0.717) is 31.4 Å². The maximum atomic E-state index is 14.1. The van der Waals surface area contributed by atoms with Crippen LogP contribution in [0.25, 0.3) is 10.9 Å². The molecule has 0 radical (unpaired) electrons. The van der Waals surface area contributed by atoms with Gasteiger partial charge in [0.2, 0.25) is 5.43 Å². The van der Waals surface area contributed by atoms with Crippen molar-refractivity contribution >= 4 is 40.0 Å². The van der Waals surface area contributed by atoms with Gasteiger partial charge in [-0.3, -0.25) is 15.0 Å². The van der Waals surface area contributed by atoms with E-state index in [9.17, 15) is 23.5 Å². The van der Waals surface area contributed by atoms with Gasteiger partial charge >= 0.3 is 0 Å². The quantitative estimate of drug-likeness (QED) is 0.353. The molecule has 1 saturated heterocycles. The molecule has 3 N–H and O–H groups in total. The van der Waals surface area contributed by atoms with E-state index in [0.717, 1.165) is 18.9 Å². The van der Waals surface area contributed by atoms with Gasteiger partial charge < -0.3 is 19.7 Å². The molecule has 12 heteroatoms. The highest BCUT2D eigenvalue weighted by molar-refractivity contribution is 6.31. The summed E-state index contributed by atoms with van der Waals surface area (Å²) < 4.78 is 34.9. The zero-order chi connectivity index (χ0) is 27.7. The van der Waals surface area contributed by atoms with Crippen LogP contribution in [0, 0.1) is 11.6 Å². The lowest BCUT2D eigenvalue weighted by atomic mass is 10.1. The molecule has 0 unspecified atom stereocenters. The predicted molar refractivity (Wildman–Crippen MR) is 144 cm³/mol. The molecule has 2 heterocycles. The van der Waals surface area contributed by atoms with Crippen molar-refractivity contribution in [2.45, 2.75) is 43.9 Å². The minimum absolute atomic E-state index is 0.000442. The Kier molecular flexibility index (Phi) is 8.39. The first kappa shape index (κ1) is 27.8. The van der Waals surface area contributed by atoms with Crippen LogP contribution >= 0.6 is 23.2 Å². The number of aromatic nitrogens is 1.